The highest BCUT2D eigenvalue weighted by Gasteiger charge is 2.26. The fraction of sp³-hybridized carbons (Fsp3) is 0.471. The molecule has 0 saturated carbocycles. The summed E-state index contributed by atoms with van der Waals surface area (Å²) in [7, 11) is 0. The van der Waals surface area contributed by atoms with Crippen LogP contribution in [-0.2, 0) is 11.3 Å². The first-order valence-corrected chi connectivity index (χ1v) is 8.07. The van der Waals surface area contributed by atoms with Crippen LogP contribution < -0.4 is 5.32 Å². The summed E-state index contributed by atoms with van der Waals surface area (Å²) in [5, 5.41) is 10.1. The maximum Gasteiger partial charge on any atom is 0.229 e. The fourth-order valence-electron chi connectivity index (χ4n) is 3.01. The van der Waals surface area contributed by atoms with Crippen molar-refractivity contribution in [1.82, 2.24) is 20.1 Å². The maximum atomic E-state index is 12.5. The molecule has 3 heterocycles. The van der Waals surface area contributed by atoms with E-state index >= 15 is 0 Å². The Hall–Kier alpha value is -2.21. The van der Waals surface area contributed by atoms with Gasteiger partial charge in [-0.1, -0.05) is 6.07 Å². The van der Waals surface area contributed by atoms with Crippen LogP contribution in [0.3, 0.4) is 0 Å². The van der Waals surface area contributed by atoms with E-state index in [2.05, 4.69) is 32.3 Å². The van der Waals surface area contributed by atoms with E-state index in [1.54, 1.807) is 6.20 Å². The fourth-order valence-corrected chi connectivity index (χ4v) is 3.01. The van der Waals surface area contributed by atoms with Crippen LogP contribution in [0.25, 0.3) is 0 Å². The lowest BCUT2D eigenvalue weighted by Crippen LogP contribution is -2.40. The number of nitrogens with zero attached hydrogens (tertiary/aromatic N) is 3. The highest BCUT2D eigenvalue weighted by atomic mass is 16.2. The van der Waals surface area contributed by atoms with Gasteiger partial charge in [-0.3, -0.25) is 14.8 Å². The lowest BCUT2D eigenvalue weighted by molar-refractivity contribution is -0.121. The SMILES string of the molecule is Cc1cccnc1NC(=O)C1CCCN(Cc2[nH]ncc2C)C1. The molecule has 6 heteroatoms. The Morgan fingerprint density at radius 1 is 1.43 bits per heavy atom. The minimum absolute atomic E-state index is 0.00776. The summed E-state index contributed by atoms with van der Waals surface area (Å²) in [4.78, 5) is 19.1. The van der Waals surface area contributed by atoms with Crippen LogP contribution in [0.2, 0.25) is 0 Å². The number of H-pyrrole nitrogens is 1. The summed E-state index contributed by atoms with van der Waals surface area (Å²) in [6.45, 7) is 6.62. The number of carbonyl (C=O) groups excluding carboxylic acids is 1. The molecule has 0 aromatic carbocycles. The lowest BCUT2D eigenvalue weighted by atomic mass is 9.96. The van der Waals surface area contributed by atoms with Gasteiger partial charge < -0.3 is 5.32 Å². The number of hydrogen-bond donors (Lipinski definition) is 2. The minimum atomic E-state index is 0.00776. The van der Waals surface area contributed by atoms with Gasteiger partial charge >= 0.3 is 0 Å². The molecule has 2 aromatic rings. The number of anilines is 1. The van der Waals surface area contributed by atoms with Crippen molar-refractivity contribution in [3.8, 4) is 0 Å². The van der Waals surface area contributed by atoms with Crippen molar-refractivity contribution >= 4 is 11.7 Å². The van der Waals surface area contributed by atoms with Crippen LogP contribution >= 0.6 is 0 Å². The first kappa shape index (κ1) is 15.7. The summed E-state index contributed by atoms with van der Waals surface area (Å²) < 4.78 is 0. The highest BCUT2D eigenvalue weighted by Crippen LogP contribution is 2.21. The zero-order valence-electron chi connectivity index (χ0n) is 13.7. The molecule has 1 aliphatic rings. The van der Waals surface area contributed by atoms with Crippen molar-refractivity contribution in [3.05, 3.63) is 41.3 Å². The van der Waals surface area contributed by atoms with Crippen molar-refractivity contribution in [1.29, 1.82) is 0 Å². The van der Waals surface area contributed by atoms with Crippen LogP contribution in [0, 0.1) is 19.8 Å². The summed E-state index contributed by atoms with van der Waals surface area (Å²) in [6, 6.07) is 3.83. The Kier molecular flexibility index (Phi) is 4.71. The molecular weight excluding hydrogens is 290 g/mol. The number of hydrogen-bond acceptors (Lipinski definition) is 4. The van der Waals surface area contributed by atoms with Crippen LogP contribution in [0.5, 0.6) is 0 Å². The van der Waals surface area contributed by atoms with Crippen molar-refractivity contribution in [2.75, 3.05) is 18.4 Å². The topological polar surface area (TPSA) is 73.9 Å². The average Bonchev–Trinajstić information content (AvgIpc) is 2.95. The smallest absolute Gasteiger partial charge is 0.229 e. The van der Waals surface area contributed by atoms with Crippen LogP contribution in [-0.4, -0.2) is 39.1 Å². The van der Waals surface area contributed by atoms with Crippen molar-refractivity contribution < 1.29 is 4.79 Å². The first-order valence-electron chi connectivity index (χ1n) is 8.07. The van der Waals surface area contributed by atoms with Gasteiger partial charge in [0.1, 0.15) is 5.82 Å². The van der Waals surface area contributed by atoms with Gasteiger partial charge in [0, 0.05) is 19.3 Å². The third-order valence-corrected chi connectivity index (χ3v) is 4.44. The number of aromatic amines is 1. The zero-order chi connectivity index (χ0) is 16.2. The van der Waals surface area contributed by atoms with E-state index < -0.39 is 0 Å². The molecule has 1 atom stereocenters. The molecular formula is C17H23N5O. The lowest BCUT2D eigenvalue weighted by Gasteiger charge is -2.31. The monoisotopic (exact) mass is 313 g/mol. The molecule has 0 aliphatic carbocycles. The largest absolute Gasteiger partial charge is 0.310 e. The molecule has 2 aromatic heterocycles. The van der Waals surface area contributed by atoms with E-state index in [4.69, 9.17) is 0 Å². The van der Waals surface area contributed by atoms with Gasteiger partial charge in [-0.15, -0.1) is 0 Å². The molecule has 1 aliphatic heterocycles. The second-order valence-electron chi connectivity index (χ2n) is 6.26. The van der Waals surface area contributed by atoms with Crippen LogP contribution in [0.4, 0.5) is 5.82 Å². The van der Waals surface area contributed by atoms with Gasteiger partial charge in [0.05, 0.1) is 17.8 Å². The summed E-state index contributed by atoms with van der Waals surface area (Å²) >= 11 is 0. The second-order valence-corrected chi connectivity index (χ2v) is 6.26. The molecule has 1 unspecified atom stereocenters. The number of nitrogens with one attached hydrogen (secondary N) is 2. The number of carbonyl (C=O) groups is 1. The van der Waals surface area contributed by atoms with E-state index in [1.165, 1.54) is 5.56 Å². The van der Waals surface area contributed by atoms with Crippen molar-refractivity contribution in [2.45, 2.75) is 33.2 Å². The predicted octanol–water partition coefficient (Wildman–Crippen LogP) is 2.27. The third-order valence-electron chi connectivity index (χ3n) is 4.44. The van der Waals surface area contributed by atoms with Crippen LogP contribution in [0.15, 0.2) is 24.5 Å². The molecule has 1 saturated heterocycles. The van der Waals surface area contributed by atoms with Gasteiger partial charge in [-0.05, 0) is 50.4 Å². The molecule has 3 rings (SSSR count). The number of aromatic nitrogens is 3. The molecule has 0 spiro atoms. The van der Waals surface area contributed by atoms with Crippen LogP contribution in [0.1, 0.15) is 29.7 Å². The number of pyridine rings is 1. The molecule has 122 valence electrons. The summed E-state index contributed by atoms with van der Waals surface area (Å²) in [5.74, 6) is 0.741. The van der Waals surface area contributed by atoms with Gasteiger partial charge in [0.15, 0.2) is 0 Å². The van der Waals surface area contributed by atoms with E-state index in [0.717, 1.165) is 43.7 Å². The van der Waals surface area contributed by atoms with Gasteiger partial charge in [0.25, 0.3) is 0 Å². The van der Waals surface area contributed by atoms with Gasteiger partial charge in [0.2, 0.25) is 5.91 Å². The number of amides is 1. The Labute approximate surface area is 136 Å². The molecule has 1 amide bonds. The second kappa shape index (κ2) is 6.91. The Morgan fingerprint density at radius 2 is 2.30 bits per heavy atom. The molecule has 2 N–H and O–H groups in total. The molecule has 1 fully saturated rings. The van der Waals surface area contributed by atoms with E-state index in [-0.39, 0.29) is 11.8 Å². The number of piperidine rings is 1. The Bertz CT molecular complexity index is 681. The van der Waals surface area contributed by atoms with Crippen molar-refractivity contribution in [2.24, 2.45) is 5.92 Å². The quantitative estimate of drug-likeness (QED) is 0.908. The zero-order valence-corrected chi connectivity index (χ0v) is 13.7. The number of rotatable bonds is 4. The predicted molar refractivity (Wildman–Crippen MR) is 88.9 cm³/mol. The molecule has 0 radical (unpaired) electrons. The van der Waals surface area contributed by atoms with Gasteiger partial charge in [-0.25, -0.2) is 4.98 Å². The highest BCUT2D eigenvalue weighted by molar-refractivity contribution is 5.92. The van der Waals surface area contributed by atoms with E-state index in [9.17, 15) is 4.79 Å². The van der Waals surface area contributed by atoms with Gasteiger partial charge in [-0.2, -0.15) is 5.10 Å². The number of aryl methyl sites for hydroxylation is 2. The third kappa shape index (κ3) is 3.76. The molecule has 23 heavy (non-hydrogen) atoms. The summed E-state index contributed by atoms with van der Waals surface area (Å²) in [5.41, 5.74) is 3.29. The molecule has 0 bridgehead atoms. The first-order chi connectivity index (χ1) is 11.1. The minimum Gasteiger partial charge on any atom is -0.310 e. The van der Waals surface area contributed by atoms with Crippen molar-refractivity contribution in [3.63, 3.8) is 0 Å². The average molecular weight is 313 g/mol. The molecule has 6 nitrogen and oxygen atoms in total. The van der Waals surface area contributed by atoms with E-state index in [0.29, 0.717) is 5.82 Å². The number of likely N-dealkylation sites (tertiary alicyclic amines) is 1. The Morgan fingerprint density at radius 3 is 3.04 bits per heavy atom. The maximum absolute atomic E-state index is 12.5. The summed E-state index contributed by atoms with van der Waals surface area (Å²) in [6.07, 6.45) is 5.51. The Balaban J connectivity index is 1.60. The normalized spacial score (nSPS) is 18.8. The van der Waals surface area contributed by atoms with E-state index in [1.807, 2.05) is 25.3 Å². The standard InChI is InChI=1S/C17H23N5O/c1-12-5-3-7-18-16(12)20-17(23)14-6-4-8-22(10-14)11-15-13(2)9-19-21-15/h3,5,7,9,14H,4,6,8,10-11H2,1-2H3,(H,19,21)(H,18,20,23).